The Morgan fingerprint density at radius 3 is 2.80 bits per heavy atom. The quantitative estimate of drug-likeness (QED) is 0.754. The van der Waals surface area contributed by atoms with Crippen molar-refractivity contribution in [2.45, 2.75) is 44.2 Å². The predicted octanol–water partition coefficient (Wildman–Crippen LogP) is 4.06. The minimum absolute atomic E-state index is 0.544. The number of hydrogen-bond acceptors (Lipinski definition) is 5. The molecule has 0 saturated heterocycles. The molecule has 5 heteroatoms. The Bertz CT molecular complexity index is 612. The summed E-state index contributed by atoms with van der Waals surface area (Å²) < 4.78 is 0. The maximum Gasteiger partial charge on any atom is 0.186 e. The van der Waals surface area contributed by atoms with E-state index in [4.69, 9.17) is 4.98 Å². The summed E-state index contributed by atoms with van der Waals surface area (Å²) in [6, 6.07) is 4.89. The monoisotopic (exact) mass is 304 g/mol. The van der Waals surface area contributed by atoms with Gasteiger partial charge in [0.2, 0.25) is 0 Å². The van der Waals surface area contributed by atoms with Crippen molar-refractivity contribution < 1.29 is 4.79 Å². The largest absolute Gasteiger partial charge is 0.340 e. The van der Waals surface area contributed by atoms with Crippen LogP contribution >= 0.6 is 22.7 Å². The van der Waals surface area contributed by atoms with E-state index in [-0.39, 0.29) is 0 Å². The first-order valence-electron chi connectivity index (χ1n) is 7.10. The van der Waals surface area contributed by atoms with Crippen LogP contribution in [0.15, 0.2) is 17.5 Å². The van der Waals surface area contributed by atoms with E-state index in [0.29, 0.717) is 12.0 Å². The summed E-state index contributed by atoms with van der Waals surface area (Å²) in [6.07, 6.45) is 5.88. The second kappa shape index (κ2) is 4.97. The fourth-order valence-electron chi connectivity index (χ4n) is 2.50. The standard InChI is InChI=1S/C15H16N2OS2/c18-9-13-14(10-3-4-10)16-15(20-13)17(11-5-6-11)8-12-2-1-7-19-12/h1-2,7,9-11H,3-6,8H2. The highest BCUT2D eigenvalue weighted by Gasteiger charge is 2.34. The molecule has 4 rings (SSSR count). The van der Waals surface area contributed by atoms with Gasteiger partial charge in [0.1, 0.15) is 0 Å². The van der Waals surface area contributed by atoms with Gasteiger partial charge in [0, 0.05) is 16.8 Å². The van der Waals surface area contributed by atoms with Crippen LogP contribution < -0.4 is 4.90 Å². The molecule has 0 amide bonds. The Morgan fingerprint density at radius 1 is 1.35 bits per heavy atom. The summed E-state index contributed by atoms with van der Waals surface area (Å²) in [6.45, 7) is 0.929. The fraction of sp³-hybridized carbons (Fsp3) is 0.467. The first-order valence-corrected chi connectivity index (χ1v) is 8.79. The van der Waals surface area contributed by atoms with Gasteiger partial charge >= 0.3 is 0 Å². The molecule has 2 saturated carbocycles. The molecule has 0 aliphatic heterocycles. The van der Waals surface area contributed by atoms with Crippen LogP contribution in [-0.2, 0) is 6.54 Å². The van der Waals surface area contributed by atoms with Gasteiger partial charge in [-0.3, -0.25) is 4.79 Å². The highest BCUT2D eigenvalue weighted by molar-refractivity contribution is 7.17. The average Bonchev–Trinajstić information content (AvgIpc) is 3.39. The average molecular weight is 304 g/mol. The zero-order valence-electron chi connectivity index (χ0n) is 11.1. The molecule has 0 unspecified atom stereocenters. The summed E-state index contributed by atoms with van der Waals surface area (Å²) in [7, 11) is 0. The maximum atomic E-state index is 11.3. The number of rotatable bonds is 6. The number of hydrogen-bond donors (Lipinski definition) is 0. The van der Waals surface area contributed by atoms with Gasteiger partial charge in [-0.25, -0.2) is 4.98 Å². The van der Waals surface area contributed by atoms with Gasteiger partial charge in [0.05, 0.1) is 17.1 Å². The fourth-order valence-corrected chi connectivity index (χ4v) is 4.24. The first-order chi connectivity index (χ1) is 9.85. The third kappa shape index (κ3) is 2.40. The lowest BCUT2D eigenvalue weighted by Crippen LogP contribution is -2.24. The van der Waals surface area contributed by atoms with Gasteiger partial charge in [-0.1, -0.05) is 17.4 Å². The maximum absolute atomic E-state index is 11.3. The number of thiazole rings is 1. The Hall–Kier alpha value is -1.20. The summed E-state index contributed by atoms with van der Waals surface area (Å²) in [5, 5.41) is 3.17. The van der Waals surface area contributed by atoms with E-state index in [1.54, 1.807) is 22.7 Å². The topological polar surface area (TPSA) is 33.2 Å². The molecule has 2 aromatic heterocycles. The van der Waals surface area contributed by atoms with Crippen molar-refractivity contribution in [3.63, 3.8) is 0 Å². The van der Waals surface area contributed by atoms with E-state index in [1.807, 2.05) is 0 Å². The van der Waals surface area contributed by atoms with Crippen LogP contribution in [0, 0.1) is 0 Å². The van der Waals surface area contributed by atoms with Crippen molar-refractivity contribution in [2.24, 2.45) is 0 Å². The summed E-state index contributed by atoms with van der Waals surface area (Å²) >= 11 is 3.37. The molecular weight excluding hydrogens is 288 g/mol. The van der Waals surface area contributed by atoms with E-state index >= 15 is 0 Å². The van der Waals surface area contributed by atoms with Crippen LogP contribution in [0.1, 0.15) is 51.8 Å². The molecule has 2 aliphatic rings. The molecule has 0 atom stereocenters. The molecule has 2 heterocycles. The lowest BCUT2D eigenvalue weighted by atomic mass is 10.3. The van der Waals surface area contributed by atoms with Crippen molar-refractivity contribution in [3.8, 4) is 0 Å². The Labute approximate surface area is 126 Å². The lowest BCUT2D eigenvalue weighted by molar-refractivity contribution is 0.112. The van der Waals surface area contributed by atoms with Gasteiger partial charge in [-0.15, -0.1) is 11.3 Å². The molecule has 0 N–H and O–H groups in total. The van der Waals surface area contributed by atoms with Crippen molar-refractivity contribution in [1.29, 1.82) is 0 Å². The summed E-state index contributed by atoms with van der Waals surface area (Å²) in [4.78, 5) is 20.7. The SMILES string of the molecule is O=Cc1sc(N(Cc2cccs2)C2CC2)nc1C1CC1. The molecule has 104 valence electrons. The van der Waals surface area contributed by atoms with Crippen LogP contribution in [0.3, 0.4) is 0 Å². The number of carbonyl (C=O) groups excluding carboxylic acids is 1. The van der Waals surface area contributed by atoms with Gasteiger partial charge in [0.25, 0.3) is 0 Å². The van der Waals surface area contributed by atoms with Crippen molar-refractivity contribution in [3.05, 3.63) is 33.0 Å². The highest BCUT2D eigenvalue weighted by Crippen LogP contribution is 2.45. The molecule has 2 aromatic rings. The molecule has 2 fully saturated rings. The number of aromatic nitrogens is 1. The Balaban J connectivity index is 1.64. The van der Waals surface area contributed by atoms with Crippen LogP contribution in [0.5, 0.6) is 0 Å². The summed E-state index contributed by atoms with van der Waals surface area (Å²) in [5.41, 5.74) is 1.05. The molecule has 20 heavy (non-hydrogen) atoms. The number of anilines is 1. The van der Waals surface area contributed by atoms with E-state index in [0.717, 1.165) is 28.5 Å². The second-order valence-corrected chi connectivity index (χ2v) is 7.62. The second-order valence-electron chi connectivity index (χ2n) is 5.58. The van der Waals surface area contributed by atoms with E-state index in [9.17, 15) is 4.79 Å². The number of thiophene rings is 1. The van der Waals surface area contributed by atoms with Gasteiger partial charge in [0.15, 0.2) is 11.4 Å². The van der Waals surface area contributed by atoms with Gasteiger partial charge < -0.3 is 4.90 Å². The molecule has 0 aromatic carbocycles. The lowest BCUT2D eigenvalue weighted by Gasteiger charge is -2.20. The minimum atomic E-state index is 0.544. The number of carbonyl (C=O) groups is 1. The Kier molecular flexibility index (Phi) is 3.11. The van der Waals surface area contributed by atoms with Crippen molar-refractivity contribution in [1.82, 2.24) is 4.98 Å². The van der Waals surface area contributed by atoms with Crippen molar-refractivity contribution >= 4 is 34.1 Å². The van der Waals surface area contributed by atoms with Gasteiger partial charge in [-0.05, 0) is 37.1 Å². The van der Waals surface area contributed by atoms with Crippen LogP contribution in [0.2, 0.25) is 0 Å². The number of nitrogens with zero attached hydrogens (tertiary/aromatic N) is 2. The normalized spacial score (nSPS) is 18.2. The third-order valence-electron chi connectivity index (χ3n) is 3.88. The highest BCUT2D eigenvalue weighted by atomic mass is 32.1. The zero-order valence-corrected chi connectivity index (χ0v) is 12.8. The predicted molar refractivity (Wildman–Crippen MR) is 83.0 cm³/mol. The zero-order chi connectivity index (χ0) is 13.5. The number of aldehydes is 1. The Morgan fingerprint density at radius 2 is 2.20 bits per heavy atom. The third-order valence-corrected chi connectivity index (χ3v) is 5.78. The molecule has 3 nitrogen and oxygen atoms in total. The first kappa shape index (κ1) is 12.5. The van der Waals surface area contributed by atoms with Crippen LogP contribution in [-0.4, -0.2) is 17.3 Å². The van der Waals surface area contributed by atoms with Crippen LogP contribution in [0.4, 0.5) is 5.13 Å². The van der Waals surface area contributed by atoms with E-state index in [2.05, 4.69) is 22.4 Å². The molecular formula is C15H16N2OS2. The molecule has 2 aliphatic carbocycles. The molecule has 0 bridgehead atoms. The van der Waals surface area contributed by atoms with Crippen LogP contribution in [0.25, 0.3) is 0 Å². The van der Waals surface area contributed by atoms with Gasteiger partial charge in [-0.2, -0.15) is 0 Å². The molecule has 0 spiro atoms. The van der Waals surface area contributed by atoms with E-state index in [1.165, 1.54) is 30.6 Å². The molecule has 0 radical (unpaired) electrons. The van der Waals surface area contributed by atoms with E-state index < -0.39 is 0 Å². The minimum Gasteiger partial charge on any atom is -0.340 e. The smallest absolute Gasteiger partial charge is 0.186 e. The summed E-state index contributed by atoms with van der Waals surface area (Å²) in [5.74, 6) is 0.544. The van der Waals surface area contributed by atoms with Crippen molar-refractivity contribution in [2.75, 3.05) is 4.90 Å².